The highest BCUT2D eigenvalue weighted by molar-refractivity contribution is 5.72. The first-order valence-electron chi connectivity index (χ1n) is 5.07. The van der Waals surface area contributed by atoms with E-state index in [9.17, 15) is 4.79 Å². The number of aliphatic carboxylic acids is 1. The number of carboxylic acid groups (broad SMARTS) is 1. The molecule has 1 heterocycles. The first kappa shape index (κ1) is 11.7. The highest BCUT2D eigenvalue weighted by atomic mass is 16.4. The predicted molar refractivity (Wildman–Crippen MR) is 57.4 cm³/mol. The van der Waals surface area contributed by atoms with Crippen LogP contribution in [0.25, 0.3) is 0 Å². The smallest absolute Gasteiger partial charge is 0.320 e. The van der Waals surface area contributed by atoms with Crippen LogP contribution in [0.2, 0.25) is 0 Å². The zero-order valence-corrected chi connectivity index (χ0v) is 8.60. The fourth-order valence-electron chi connectivity index (χ4n) is 1.37. The highest BCUT2D eigenvalue weighted by Gasteiger charge is 2.09. The van der Waals surface area contributed by atoms with Crippen LogP contribution in [0.3, 0.4) is 0 Å². The number of hydrogen-bond acceptors (Lipinski definition) is 3. The highest BCUT2D eigenvalue weighted by Crippen LogP contribution is 2.06. The molecule has 0 spiro atoms. The van der Waals surface area contributed by atoms with E-state index in [1.807, 2.05) is 12.1 Å². The molecule has 1 rings (SSSR count). The maximum absolute atomic E-state index is 10.4. The maximum atomic E-state index is 10.4. The molecule has 1 aromatic rings. The van der Waals surface area contributed by atoms with Gasteiger partial charge in [0.15, 0.2) is 0 Å². The van der Waals surface area contributed by atoms with Gasteiger partial charge < -0.3 is 10.8 Å². The minimum atomic E-state index is -0.918. The van der Waals surface area contributed by atoms with Gasteiger partial charge in [-0.15, -0.1) is 0 Å². The van der Waals surface area contributed by atoms with E-state index in [1.165, 1.54) is 5.56 Å². The van der Waals surface area contributed by atoms with Crippen molar-refractivity contribution in [3.05, 3.63) is 30.1 Å². The van der Waals surface area contributed by atoms with E-state index >= 15 is 0 Å². The van der Waals surface area contributed by atoms with Gasteiger partial charge in [-0.25, -0.2) is 0 Å². The molecule has 4 heteroatoms. The molecular weight excluding hydrogens is 192 g/mol. The second kappa shape index (κ2) is 6.14. The Kier molecular flexibility index (Phi) is 4.77. The summed E-state index contributed by atoms with van der Waals surface area (Å²) in [5.41, 5.74) is 6.62. The van der Waals surface area contributed by atoms with Crippen molar-refractivity contribution in [2.75, 3.05) is 0 Å². The monoisotopic (exact) mass is 208 g/mol. The van der Waals surface area contributed by atoms with E-state index in [0.29, 0.717) is 6.42 Å². The lowest BCUT2D eigenvalue weighted by molar-refractivity contribution is -0.138. The fraction of sp³-hybridized carbons (Fsp3) is 0.455. The normalized spacial score (nSPS) is 12.3. The molecule has 0 saturated carbocycles. The molecule has 0 bridgehead atoms. The van der Waals surface area contributed by atoms with E-state index in [0.717, 1.165) is 19.3 Å². The number of hydrogen-bond donors (Lipinski definition) is 2. The van der Waals surface area contributed by atoms with Crippen LogP contribution < -0.4 is 5.73 Å². The lowest BCUT2D eigenvalue weighted by atomic mass is 10.1. The van der Waals surface area contributed by atoms with Crippen LogP contribution in [0.1, 0.15) is 24.8 Å². The molecule has 0 saturated heterocycles. The number of carboxylic acids is 1. The van der Waals surface area contributed by atoms with Crippen molar-refractivity contribution >= 4 is 5.97 Å². The first-order valence-corrected chi connectivity index (χ1v) is 5.07. The summed E-state index contributed by atoms with van der Waals surface area (Å²) in [6.45, 7) is 0. The Morgan fingerprint density at radius 3 is 2.67 bits per heavy atom. The van der Waals surface area contributed by atoms with Gasteiger partial charge in [0.05, 0.1) is 0 Å². The van der Waals surface area contributed by atoms with E-state index in [4.69, 9.17) is 10.8 Å². The minimum Gasteiger partial charge on any atom is -0.480 e. The lowest BCUT2D eigenvalue weighted by Gasteiger charge is -2.05. The van der Waals surface area contributed by atoms with Crippen molar-refractivity contribution in [3.63, 3.8) is 0 Å². The molecule has 0 aliphatic rings. The number of carbonyl (C=O) groups is 1. The molecule has 1 atom stereocenters. The quantitative estimate of drug-likeness (QED) is 0.689. The van der Waals surface area contributed by atoms with Crippen LogP contribution in [0, 0.1) is 0 Å². The summed E-state index contributed by atoms with van der Waals surface area (Å²) in [6.07, 6.45) is 6.83. The van der Waals surface area contributed by atoms with Crippen LogP contribution in [-0.2, 0) is 11.2 Å². The zero-order valence-electron chi connectivity index (χ0n) is 8.60. The SMILES string of the molecule is NC(CCCCc1ccncc1)C(=O)O. The molecule has 3 N–H and O–H groups in total. The largest absolute Gasteiger partial charge is 0.480 e. The number of unbranched alkanes of at least 4 members (excludes halogenated alkanes) is 1. The van der Waals surface area contributed by atoms with Crippen molar-refractivity contribution in [2.45, 2.75) is 31.7 Å². The third-order valence-corrected chi connectivity index (χ3v) is 2.30. The maximum Gasteiger partial charge on any atom is 0.320 e. The molecule has 0 amide bonds. The molecule has 15 heavy (non-hydrogen) atoms. The van der Waals surface area contributed by atoms with Crippen LogP contribution in [0.5, 0.6) is 0 Å². The van der Waals surface area contributed by atoms with Crippen LogP contribution in [-0.4, -0.2) is 22.1 Å². The molecule has 0 fully saturated rings. The molecule has 0 aliphatic carbocycles. The Morgan fingerprint density at radius 1 is 1.40 bits per heavy atom. The first-order chi connectivity index (χ1) is 7.20. The van der Waals surface area contributed by atoms with Crippen molar-refractivity contribution < 1.29 is 9.90 Å². The molecule has 1 unspecified atom stereocenters. The van der Waals surface area contributed by atoms with Crippen LogP contribution in [0.4, 0.5) is 0 Å². The Balaban J connectivity index is 2.15. The molecule has 0 aromatic carbocycles. The molecule has 1 aromatic heterocycles. The van der Waals surface area contributed by atoms with Crippen molar-refractivity contribution in [2.24, 2.45) is 5.73 Å². The summed E-state index contributed by atoms with van der Waals surface area (Å²) in [7, 11) is 0. The summed E-state index contributed by atoms with van der Waals surface area (Å²) in [5, 5.41) is 8.57. The molecule has 4 nitrogen and oxygen atoms in total. The van der Waals surface area contributed by atoms with Crippen molar-refractivity contribution in [1.29, 1.82) is 0 Å². The number of rotatable bonds is 6. The summed E-state index contributed by atoms with van der Waals surface area (Å²) in [4.78, 5) is 14.4. The molecule has 0 radical (unpaired) electrons. The third kappa shape index (κ3) is 4.56. The van der Waals surface area contributed by atoms with Gasteiger partial charge in [0.1, 0.15) is 6.04 Å². The Hall–Kier alpha value is -1.42. The average molecular weight is 208 g/mol. The van der Waals surface area contributed by atoms with Gasteiger partial charge in [-0.3, -0.25) is 9.78 Å². The molecule has 0 aliphatic heterocycles. The summed E-state index contributed by atoms with van der Waals surface area (Å²) < 4.78 is 0. The lowest BCUT2D eigenvalue weighted by Crippen LogP contribution is -2.29. The summed E-state index contributed by atoms with van der Waals surface area (Å²) in [5.74, 6) is -0.918. The van der Waals surface area contributed by atoms with Gasteiger partial charge in [-0.2, -0.15) is 0 Å². The topological polar surface area (TPSA) is 76.2 Å². The van der Waals surface area contributed by atoms with Gasteiger partial charge >= 0.3 is 5.97 Å². The average Bonchev–Trinajstić information content (AvgIpc) is 2.25. The number of nitrogens with two attached hydrogens (primary N) is 1. The zero-order chi connectivity index (χ0) is 11.1. The van der Waals surface area contributed by atoms with Gasteiger partial charge in [-0.1, -0.05) is 6.42 Å². The van der Waals surface area contributed by atoms with Gasteiger partial charge in [0, 0.05) is 12.4 Å². The van der Waals surface area contributed by atoms with Gasteiger partial charge in [-0.05, 0) is 37.0 Å². The second-order valence-electron chi connectivity index (χ2n) is 3.55. The number of nitrogens with zero attached hydrogens (tertiary/aromatic N) is 1. The molecule has 82 valence electrons. The van der Waals surface area contributed by atoms with Gasteiger partial charge in [0.2, 0.25) is 0 Å². The summed E-state index contributed by atoms with van der Waals surface area (Å²) >= 11 is 0. The van der Waals surface area contributed by atoms with Crippen LogP contribution in [0.15, 0.2) is 24.5 Å². The number of pyridine rings is 1. The minimum absolute atomic E-state index is 0.542. The Bertz CT molecular complexity index is 301. The second-order valence-corrected chi connectivity index (χ2v) is 3.55. The standard InChI is InChI=1S/C11H16N2O2/c12-10(11(14)15)4-2-1-3-9-5-7-13-8-6-9/h5-8,10H,1-4,12H2,(H,14,15). The van der Waals surface area contributed by atoms with Crippen molar-refractivity contribution in [1.82, 2.24) is 4.98 Å². The van der Waals surface area contributed by atoms with E-state index in [1.54, 1.807) is 12.4 Å². The molecular formula is C11H16N2O2. The van der Waals surface area contributed by atoms with E-state index in [-0.39, 0.29) is 0 Å². The number of aromatic nitrogens is 1. The van der Waals surface area contributed by atoms with Gasteiger partial charge in [0.25, 0.3) is 0 Å². The predicted octanol–water partition coefficient (Wildman–Crippen LogP) is 1.21. The summed E-state index contributed by atoms with van der Waals surface area (Å²) in [6, 6.07) is 3.22. The van der Waals surface area contributed by atoms with E-state index in [2.05, 4.69) is 4.98 Å². The van der Waals surface area contributed by atoms with Crippen LogP contribution >= 0.6 is 0 Å². The van der Waals surface area contributed by atoms with E-state index < -0.39 is 12.0 Å². The van der Waals surface area contributed by atoms with Crippen molar-refractivity contribution in [3.8, 4) is 0 Å². The third-order valence-electron chi connectivity index (χ3n) is 2.30. The Morgan fingerprint density at radius 2 is 2.07 bits per heavy atom. The fourth-order valence-corrected chi connectivity index (χ4v) is 1.37. The Labute approximate surface area is 89.1 Å². The number of aryl methyl sites for hydroxylation is 1.